The maximum atomic E-state index is 4.26. The Hall–Kier alpha value is -0.380. The van der Waals surface area contributed by atoms with E-state index in [4.69, 9.17) is 0 Å². The number of thioether (sulfide) groups is 1. The molecule has 0 aromatic carbocycles. The Morgan fingerprint density at radius 1 is 1.38 bits per heavy atom. The zero-order valence-corrected chi connectivity index (χ0v) is 11.2. The molecular formula is C12H23N3S. The zero-order valence-electron chi connectivity index (χ0n) is 10.4. The highest BCUT2D eigenvalue weighted by molar-refractivity contribution is 7.98. The molecule has 0 heterocycles. The van der Waals surface area contributed by atoms with E-state index in [1.165, 1.54) is 25.7 Å². The van der Waals surface area contributed by atoms with Crippen LogP contribution in [0.25, 0.3) is 0 Å². The van der Waals surface area contributed by atoms with E-state index in [-0.39, 0.29) is 0 Å². The molecule has 2 fully saturated rings. The number of nitrogens with one attached hydrogen (secondary N) is 2. The predicted octanol–water partition coefficient (Wildman–Crippen LogP) is 1.70. The number of rotatable bonds is 6. The summed E-state index contributed by atoms with van der Waals surface area (Å²) >= 11 is 1.86. The summed E-state index contributed by atoms with van der Waals surface area (Å²) in [6, 6.07) is 0. The highest BCUT2D eigenvalue weighted by Gasteiger charge is 2.53. The van der Waals surface area contributed by atoms with Crippen LogP contribution in [0.5, 0.6) is 0 Å². The number of aliphatic imine (C=N–C) groups is 1. The van der Waals surface area contributed by atoms with E-state index >= 15 is 0 Å². The highest BCUT2D eigenvalue weighted by Crippen LogP contribution is 2.60. The van der Waals surface area contributed by atoms with E-state index in [1.54, 1.807) is 0 Å². The smallest absolute Gasteiger partial charge is 0.191 e. The Kier molecular flexibility index (Phi) is 4.00. The van der Waals surface area contributed by atoms with Gasteiger partial charge in [-0.05, 0) is 43.3 Å². The van der Waals surface area contributed by atoms with Crippen molar-refractivity contribution in [1.29, 1.82) is 0 Å². The Labute approximate surface area is 103 Å². The minimum Gasteiger partial charge on any atom is -0.356 e. The Bertz CT molecular complexity index is 257. The Balaban J connectivity index is 1.67. The maximum Gasteiger partial charge on any atom is 0.191 e. The first-order valence-corrected chi connectivity index (χ1v) is 7.63. The molecule has 0 amide bonds. The van der Waals surface area contributed by atoms with Crippen LogP contribution in [0.15, 0.2) is 4.99 Å². The molecule has 2 N–H and O–H groups in total. The molecule has 92 valence electrons. The quantitative estimate of drug-likeness (QED) is 0.422. The SMILES string of the molecule is CN=C(NCCSC)NCC1(C2CC2)CC1. The predicted molar refractivity (Wildman–Crippen MR) is 72.1 cm³/mol. The van der Waals surface area contributed by atoms with Crippen LogP contribution in [0.2, 0.25) is 0 Å². The third-order valence-electron chi connectivity index (χ3n) is 3.77. The zero-order chi connectivity index (χ0) is 11.4. The van der Waals surface area contributed by atoms with Crippen molar-refractivity contribution >= 4 is 17.7 Å². The van der Waals surface area contributed by atoms with Gasteiger partial charge >= 0.3 is 0 Å². The molecular weight excluding hydrogens is 218 g/mol. The fraction of sp³-hybridized carbons (Fsp3) is 0.917. The van der Waals surface area contributed by atoms with Gasteiger partial charge in [-0.25, -0.2) is 0 Å². The molecule has 2 aliphatic carbocycles. The standard InChI is InChI=1S/C12H23N3S/c1-13-11(14-7-8-16-2)15-9-12(5-6-12)10-3-4-10/h10H,3-9H2,1-2H3,(H2,13,14,15). The van der Waals surface area contributed by atoms with E-state index in [9.17, 15) is 0 Å². The van der Waals surface area contributed by atoms with Gasteiger partial charge in [0.05, 0.1) is 0 Å². The van der Waals surface area contributed by atoms with Gasteiger partial charge in [0.25, 0.3) is 0 Å². The molecule has 0 unspecified atom stereocenters. The van der Waals surface area contributed by atoms with Crippen LogP contribution in [0, 0.1) is 11.3 Å². The summed E-state index contributed by atoms with van der Waals surface area (Å²) in [5, 5.41) is 6.83. The first-order valence-electron chi connectivity index (χ1n) is 6.24. The van der Waals surface area contributed by atoms with Gasteiger partial charge in [-0.1, -0.05) is 0 Å². The van der Waals surface area contributed by atoms with Gasteiger partial charge in [-0.15, -0.1) is 0 Å². The van der Waals surface area contributed by atoms with Gasteiger partial charge in [-0.3, -0.25) is 4.99 Å². The third kappa shape index (κ3) is 3.06. The van der Waals surface area contributed by atoms with Gasteiger partial charge in [-0.2, -0.15) is 11.8 Å². The van der Waals surface area contributed by atoms with Crippen LogP contribution >= 0.6 is 11.8 Å². The normalized spacial score (nSPS) is 23.0. The van der Waals surface area contributed by atoms with E-state index in [2.05, 4.69) is 21.9 Å². The summed E-state index contributed by atoms with van der Waals surface area (Å²) in [5.74, 6) is 3.12. The van der Waals surface area contributed by atoms with Crippen molar-refractivity contribution in [2.24, 2.45) is 16.3 Å². The van der Waals surface area contributed by atoms with Crippen molar-refractivity contribution in [2.45, 2.75) is 25.7 Å². The fourth-order valence-electron chi connectivity index (χ4n) is 2.34. The monoisotopic (exact) mass is 241 g/mol. The fourth-order valence-corrected chi connectivity index (χ4v) is 2.64. The summed E-state index contributed by atoms with van der Waals surface area (Å²) in [6.07, 6.45) is 7.89. The van der Waals surface area contributed by atoms with Crippen LogP contribution in [0.4, 0.5) is 0 Å². The van der Waals surface area contributed by atoms with Crippen molar-refractivity contribution in [3.63, 3.8) is 0 Å². The topological polar surface area (TPSA) is 36.4 Å². The number of guanidine groups is 1. The molecule has 0 aliphatic heterocycles. The minimum absolute atomic E-state index is 0.650. The first kappa shape index (κ1) is 12.1. The molecule has 2 saturated carbocycles. The lowest BCUT2D eigenvalue weighted by molar-refractivity contribution is 0.431. The molecule has 3 nitrogen and oxygen atoms in total. The molecule has 0 radical (unpaired) electrons. The van der Waals surface area contributed by atoms with Crippen molar-refractivity contribution in [2.75, 3.05) is 32.1 Å². The van der Waals surface area contributed by atoms with Gasteiger partial charge in [0.1, 0.15) is 0 Å². The molecule has 0 spiro atoms. The van der Waals surface area contributed by atoms with Crippen LogP contribution in [-0.2, 0) is 0 Å². The van der Waals surface area contributed by atoms with E-state index in [0.717, 1.165) is 30.7 Å². The molecule has 0 aromatic heterocycles. The lowest BCUT2D eigenvalue weighted by Crippen LogP contribution is -2.41. The van der Waals surface area contributed by atoms with E-state index in [0.29, 0.717) is 5.41 Å². The highest BCUT2D eigenvalue weighted by atomic mass is 32.2. The summed E-state index contributed by atoms with van der Waals surface area (Å²) < 4.78 is 0. The summed E-state index contributed by atoms with van der Waals surface area (Å²) in [6.45, 7) is 2.12. The van der Waals surface area contributed by atoms with Crippen LogP contribution < -0.4 is 10.6 Å². The van der Waals surface area contributed by atoms with Crippen LogP contribution in [0.1, 0.15) is 25.7 Å². The minimum atomic E-state index is 0.650. The van der Waals surface area contributed by atoms with Gasteiger partial charge < -0.3 is 10.6 Å². The van der Waals surface area contributed by atoms with Gasteiger partial charge in [0.2, 0.25) is 0 Å². The third-order valence-corrected chi connectivity index (χ3v) is 4.38. The average molecular weight is 241 g/mol. The number of hydrogen-bond acceptors (Lipinski definition) is 2. The van der Waals surface area contributed by atoms with Crippen molar-refractivity contribution in [3.05, 3.63) is 0 Å². The van der Waals surface area contributed by atoms with Crippen LogP contribution in [0.3, 0.4) is 0 Å². The number of hydrogen-bond donors (Lipinski definition) is 2. The molecule has 2 rings (SSSR count). The Morgan fingerprint density at radius 3 is 2.62 bits per heavy atom. The average Bonchev–Trinajstić information content (AvgIpc) is 3.16. The van der Waals surface area contributed by atoms with Gasteiger partial charge in [0.15, 0.2) is 5.96 Å². The van der Waals surface area contributed by atoms with Crippen molar-refractivity contribution in [3.8, 4) is 0 Å². The second-order valence-corrected chi connectivity index (χ2v) is 5.97. The molecule has 0 saturated heterocycles. The second-order valence-electron chi connectivity index (χ2n) is 4.98. The molecule has 2 aliphatic rings. The molecule has 16 heavy (non-hydrogen) atoms. The second kappa shape index (κ2) is 5.30. The Morgan fingerprint density at radius 2 is 2.12 bits per heavy atom. The lowest BCUT2D eigenvalue weighted by Gasteiger charge is -2.17. The van der Waals surface area contributed by atoms with E-state index < -0.39 is 0 Å². The summed E-state index contributed by atoms with van der Waals surface area (Å²) in [7, 11) is 1.85. The molecule has 4 heteroatoms. The first-order chi connectivity index (χ1) is 7.80. The van der Waals surface area contributed by atoms with Crippen LogP contribution in [-0.4, -0.2) is 38.1 Å². The molecule has 0 bridgehead atoms. The van der Waals surface area contributed by atoms with Crippen molar-refractivity contribution < 1.29 is 0 Å². The van der Waals surface area contributed by atoms with Crippen molar-refractivity contribution in [1.82, 2.24) is 10.6 Å². The largest absolute Gasteiger partial charge is 0.356 e. The van der Waals surface area contributed by atoms with Gasteiger partial charge in [0, 0.05) is 25.9 Å². The molecule has 0 aromatic rings. The summed E-state index contributed by atoms with van der Waals surface area (Å²) in [5.41, 5.74) is 0.650. The summed E-state index contributed by atoms with van der Waals surface area (Å²) in [4.78, 5) is 4.26. The molecule has 0 atom stereocenters. The maximum absolute atomic E-state index is 4.26. The van der Waals surface area contributed by atoms with E-state index in [1.807, 2.05) is 18.8 Å². The lowest BCUT2D eigenvalue weighted by atomic mass is 10.0. The number of nitrogens with zero attached hydrogens (tertiary/aromatic N) is 1.